The van der Waals surface area contributed by atoms with E-state index in [1.165, 1.54) is 0 Å². The number of halogens is 2. The van der Waals surface area contributed by atoms with Crippen LogP contribution in [0.5, 0.6) is 0 Å². The molecular weight excluding hydrogens is 363 g/mol. The zero-order valence-electron chi connectivity index (χ0n) is 13.0. The topological polar surface area (TPSA) is 79.9 Å². The number of amides is 1. The van der Waals surface area contributed by atoms with Crippen molar-refractivity contribution in [1.29, 1.82) is 0 Å². The summed E-state index contributed by atoms with van der Waals surface area (Å²) in [7, 11) is 0. The van der Waals surface area contributed by atoms with E-state index in [-0.39, 0.29) is 17.0 Å². The summed E-state index contributed by atoms with van der Waals surface area (Å²) in [4.78, 5) is 22.6. The van der Waals surface area contributed by atoms with Crippen LogP contribution in [-0.4, -0.2) is 27.6 Å². The fourth-order valence-electron chi connectivity index (χ4n) is 2.22. The van der Waals surface area contributed by atoms with Gasteiger partial charge in [0.25, 0.3) is 0 Å². The van der Waals surface area contributed by atoms with Gasteiger partial charge in [-0.25, -0.2) is 9.78 Å². The molecule has 0 unspecified atom stereocenters. The molecule has 1 aromatic carbocycles. The Morgan fingerprint density at radius 1 is 1.24 bits per heavy atom. The molecule has 6 nitrogen and oxygen atoms in total. The van der Waals surface area contributed by atoms with Crippen molar-refractivity contribution >= 4 is 46.4 Å². The lowest BCUT2D eigenvalue weighted by molar-refractivity contribution is 0.141. The van der Waals surface area contributed by atoms with Crippen LogP contribution >= 0.6 is 23.2 Å². The van der Waals surface area contributed by atoms with Crippen LogP contribution in [0.15, 0.2) is 42.6 Å². The highest BCUT2D eigenvalue weighted by molar-refractivity contribution is 6.36. The Balaban J connectivity index is 1.53. The predicted molar refractivity (Wildman–Crippen MR) is 97.6 cm³/mol. The molecule has 3 aromatic rings. The smallest absolute Gasteiger partial charge is 0.407 e. The monoisotopic (exact) mass is 376 g/mol. The molecular formula is C17H14Cl2N4O2. The third-order valence-electron chi connectivity index (χ3n) is 3.37. The van der Waals surface area contributed by atoms with Gasteiger partial charge in [-0.05, 0) is 17.2 Å². The number of rotatable bonds is 5. The number of carbonyl (C=O) groups excluding carboxylic acids is 1. The van der Waals surface area contributed by atoms with Crippen LogP contribution in [0.1, 0.15) is 11.1 Å². The maximum Gasteiger partial charge on any atom is 0.407 e. The Morgan fingerprint density at radius 3 is 2.84 bits per heavy atom. The molecule has 0 radical (unpaired) electrons. The standard InChI is InChI=1S/C17H14Cl2N4O2/c18-14-13-12(9-21-15(13)23-16(19)22-14)7-4-8-20-17(24)25-10-11-5-2-1-3-6-11/h1-7,9H,8,10H2,(H,20,24)(H,21,22,23). The fraction of sp³-hybridized carbons (Fsp3) is 0.118. The molecule has 2 N–H and O–H groups in total. The van der Waals surface area contributed by atoms with E-state index in [9.17, 15) is 4.79 Å². The zero-order chi connectivity index (χ0) is 17.6. The third kappa shape index (κ3) is 4.49. The molecule has 2 aromatic heterocycles. The normalized spacial score (nSPS) is 11.1. The summed E-state index contributed by atoms with van der Waals surface area (Å²) >= 11 is 11.9. The van der Waals surface area contributed by atoms with Crippen molar-refractivity contribution in [3.63, 3.8) is 0 Å². The SMILES string of the molecule is O=C(NCC=Cc1c[nH]c2nc(Cl)nc(Cl)c12)OCc1ccccc1. The summed E-state index contributed by atoms with van der Waals surface area (Å²) in [5.41, 5.74) is 2.29. The van der Waals surface area contributed by atoms with Crippen LogP contribution in [0, 0.1) is 0 Å². The molecule has 0 bridgehead atoms. The molecule has 0 fully saturated rings. The molecule has 0 aliphatic carbocycles. The molecule has 0 aliphatic heterocycles. The van der Waals surface area contributed by atoms with Crippen LogP contribution < -0.4 is 5.32 Å². The summed E-state index contributed by atoms with van der Waals surface area (Å²) in [5, 5.41) is 3.67. The summed E-state index contributed by atoms with van der Waals surface area (Å²) in [5.74, 6) is 0. The Hall–Kier alpha value is -2.57. The van der Waals surface area contributed by atoms with Crippen LogP contribution in [0.3, 0.4) is 0 Å². The van der Waals surface area contributed by atoms with Gasteiger partial charge in [0.15, 0.2) is 0 Å². The summed E-state index contributed by atoms with van der Waals surface area (Å²) in [6.07, 6.45) is 4.84. The van der Waals surface area contributed by atoms with Gasteiger partial charge in [-0.3, -0.25) is 0 Å². The first-order valence-corrected chi connectivity index (χ1v) is 8.20. The zero-order valence-corrected chi connectivity index (χ0v) is 14.5. The summed E-state index contributed by atoms with van der Waals surface area (Å²) in [6.45, 7) is 0.541. The molecule has 25 heavy (non-hydrogen) atoms. The van der Waals surface area contributed by atoms with Gasteiger partial charge in [0.05, 0.1) is 5.39 Å². The number of hydrogen-bond acceptors (Lipinski definition) is 4. The Kier molecular flexibility index (Phi) is 5.53. The molecule has 128 valence electrons. The number of aromatic amines is 1. The van der Waals surface area contributed by atoms with Gasteiger partial charge >= 0.3 is 6.09 Å². The lowest BCUT2D eigenvalue weighted by Crippen LogP contribution is -2.24. The van der Waals surface area contributed by atoms with Crippen molar-refractivity contribution in [2.45, 2.75) is 6.61 Å². The number of fused-ring (bicyclic) bond motifs is 1. The van der Waals surface area contributed by atoms with Crippen molar-refractivity contribution in [2.75, 3.05) is 6.54 Å². The second kappa shape index (κ2) is 8.00. The van der Waals surface area contributed by atoms with Crippen LogP contribution in [0.2, 0.25) is 10.4 Å². The maximum atomic E-state index is 11.7. The minimum atomic E-state index is -0.486. The van der Waals surface area contributed by atoms with E-state index in [4.69, 9.17) is 27.9 Å². The molecule has 1 amide bonds. The number of aromatic nitrogens is 3. The van der Waals surface area contributed by atoms with E-state index >= 15 is 0 Å². The number of ether oxygens (including phenoxy) is 1. The largest absolute Gasteiger partial charge is 0.445 e. The summed E-state index contributed by atoms with van der Waals surface area (Å²) < 4.78 is 5.12. The van der Waals surface area contributed by atoms with Gasteiger partial charge in [0, 0.05) is 18.3 Å². The average Bonchev–Trinajstić information content (AvgIpc) is 3.01. The predicted octanol–water partition coefficient (Wildman–Crippen LogP) is 4.20. The lowest BCUT2D eigenvalue weighted by Gasteiger charge is -2.05. The highest BCUT2D eigenvalue weighted by atomic mass is 35.5. The number of nitrogens with one attached hydrogen (secondary N) is 2. The van der Waals surface area contributed by atoms with Crippen molar-refractivity contribution in [2.24, 2.45) is 0 Å². The Labute approximate surface area is 153 Å². The lowest BCUT2D eigenvalue weighted by atomic mass is 10.2. The van der Waals surface area contributed by atoms with Gasteiger partial charge in [-0.2, -0.15) is 4.98 Å². The second-order valence-electron chi connectivity index (χ2n) is 5.10. The van der Waals surface area contributed by atoms with Gasteiger partial charge in [-0.1, -0.05) is 54.1 Å². The number of nitrogens with zero attached hydrogens (tertiary/aromatic N) is 2. The van der Waals surface area contributed by atoms with E-state index in [1.54, 1.807) is 18.3 Å². The van der Waals surface area contributed by atoms with Crippen molar-refractivity contribution in [3.05, 3.63) is 64.2 Å². The minimum Gasteiger partial charge on any atom is -0.445 e. The number of H-pyrrole nitrogens is 1. The molecule has 0 atom stereocenters. The van der Waals surface area contributed by atoms with E-state index in [0.29, 0.717) is 17.6 Å². The van der Waals surface area contributed by atoms with Gasteiger partial charge in [0.2, 0.25) is 5.28 Å². The van der Waals surface area contributed by atoms with Crippen molar-refractivity contribution < 1.29 is 9.53 Å². The molecule has 3 rings (SSSR count). The van der Waals surface area contributed by atoms with Crippen molar-refractivity contribution in [1.82, 2.24) is 20.3 Å². The first-order chi connectivity index (χ1) is 12.1. The molecule has 2 heterocycles. The molecule has 0 saturated carbocycles. The first-order valence-electron chi connectivity index (χ1n) is 7.44. The highest BCUT2D eigenvalue weighted by Gasteiger charge is 2.09. The molecule has 0 spiro atoms. The van der Waals surface area contributed by atoms with Crippen LogP contribution in [0.4, 0.5) is 4.79 Å². The van der Waals surface area contributed by atoms with Crippen molar-refractivity contribution in [3.8, 4) is 0 Å². The molecule has 0 aliphatic rings. The Bertz CT molecular complexity index is 910. The second-order valence-corrected chi connectivity index (χ2v) is 5.79. The quantitative estimate of drug-likeness (QED) is 0.516. The van der Waals surface area contributed by atoms with E-state index in [2.05, 4.69) is 20.3 Å². The number of carbonyl (C=O) groups is 1. The average molecular weight is 377 g/mol. The maximum absolute atomic E-state index is 11.7. The number of alkyl carbamates (subject to hydrolysis) is 1. The fourth-order valence-corrected chi connectivity index (χ4v) is 2.71. The number of hydrogen-bond donors (Lipinski definition) is 2. The highest BCUT2D eigenvalue weighted by Crippen LogP contribution is 2.26. The van der Waals surface area contributed by atoms with Crippen LogP contribution in [-0.2, 0) is 11.3 Å². The molecule has 8 heteroatoms. The van der Waals surface area contributed by atoms with Gasteiger partial charge < -0.3 is 15.0 Å². The third-order valence-corrected chi connectivity index (χ3v) is 3.81. The van der Waals surface area contributed by atoms with E-state index < -0.39 is 6.09 Å². The number of benzene rings is 1. The van der Waals surface area contributed by atoms with E-state index in [1.807, 2.05) is 30.3 Å². The Morgan fingerprint density at radius 2 is 2.04 bits per heavy atom. The minimum absolute atomic E-state index is 0.0812. The molecule has 0 saturated heterocycles. The van der Waals surface area contributed by atoms with Gasteiger partial charge in [0.1, 0.15) is 17.4 Å². The van der Waals surface area contributed by atoms with E-state index in [0.717, 1.165) is 11.1 Å². The summed E-state index contributed by atoms with van der Waals surface area (Å²) in [6, 6.07) is 9.47. The van der Waals surface area contributed by atoms with Gasteiger partial charge in [-0.15, -0.1) is 0 Å². The van der Waals surface area contributed by atoms with Crippen LogP contribution in [0.25, 0.3) is 17.1 Å². The first kappa shape index (κ1) is 17.3.